The molecule has 0 spiro atoms. The summed E-state index contributed by atoms with van der Waals surface area (Å²) in [5, 5.41) is 13.9. The Morgan fingerprint density at radius 2 is 1.85 bits per heavy atom. The van der Waals surface area contributed by atoms with Gasteiger partial charge in [0.25, 0.3) is 0 Å². The monoisotopic (exact) mass is 396 g/mol. The molecule has 1 aromatic heterocycles. The van der Waals surface area contributed by atoms with Gasteiger partial charge in [0.1, 0.15) is 0 Å². The third kappa shape index (κ3) is 4.72. The van der Waals surface area contributed by atoms with E-state index in [2.05, 4.69) is 15.2 Å². The molecule has 5 nitrogen and oxygen atoms in total. The van der Waals surface area contributed by atoms with Crippen LogP contribution >= 0.6 is 24.8 Å². The van der Waals surface area contributed by atoms with Gasteiger partial charge in [0, 0.05) is 37.0 Å². The maximum atomic E-state index is 10.5. The van der Waals surface area contributed by atoms with Crippen LogP contribution in [-0.2, 0) is 13.1 Å². The maximum Gasteiger partial charge on any atom is 0.159 e. The fourth-order valence-corrected chi connectivity index (χ4v) is 3.72. The Balaban J connectivity index is 0.00000121. The van der Waals surface area contributed by atoms with Crippen LogP contribution in [0.3, 0.4) is 0 Å². The molecule has 1 atom stereocenters. The average molecular weight is 397 g/mol. The fraction of sp³-hybridized carbons (Fsp3) is 0.474. The number of aliphatic hydroxyl groups is 1. The van der Waals surface area contributed by atoms with E-state index in [1.807, 2.05) is 36.5 Å². The van der Waals surface area contributed by atoms with Gasteiger partial charge in [-0.05, 0) is 31.8 Å². The zero-order valence-corrected chi connectivity index (χ0v) is 16.3. The normalized spacial score (nSPS) is 18.5. The molecule has 1 saturated heterocycles. The predicted octanol–water partition coefficient (Wildman–Crippen LogP) is 2.66. The van der Waals surface area contributed by atoms with E-state index in [0.29, 0.717) is 5.92 Å². The first-order chi connectivity index (χ1) is 11.8. The molecule has 0 saturated carbocycles. The van der Waals surface area contributed by atoms with Gasteiger partial charge >= 0.3 is 0 Å². The number of β-amino-alcohol motifs (C(OH)–C–C–N with tert-alkyl or cyclic N) is 1. The number of hydrogen-bond acceptors (Lipinski definition) is 5. The number of hydrogen-bond donors (Lipinski definition) is 2. The molecule has 26 heavy (non-hydrogen) atoms. The molecule has 7 heteroatoms. The summed E-state index contributed by atoms with van der Waals surface area (Å²) in [5.41, 5.74) is 3.34. The van der Waals surface area contributed by atoms with E-state index in [9.17, 15) is 5.11 Å². The van der Waals surface area contributed by atoms with Crippen molar-refractivity contribution in [1.29, 1.82) is 0 Å². The molecule has 2 N–H and O–H groups in total. The van der Waals surface area contributed by atoms with Crippen molar-refractivity contribution in [2.75, 3.05) is 19.6 Å². The lowest BCUT2D eigenvalue weighted by Gasteiger charge is -2.29. The minimum absolute atomic E-state index is 0. The van der Waals surface area contributed by atoms with Crippen molar-refractivity contribution in [2.24, 2.45) is 5.92 Å². The number of halogens is 2. The zero-order chi connectivity index (χ0) is 16.4. The second-order valence-corrected chi connectivity index (χ2v) is 6.86. The lowest BCUT2D eigenvalue weighted by molar-refractivity contribution is 0.0493. The Bertz CT molecular complexity index is 695. The van der Waals surface area contributed by atoms with E-state index in [-0.39, 0.29) is 30.9 Å². The highest BCUT2D eigenvalue weighted by molar-refractivity contribution is 5.85. The van der Waals surface area contributed by atoms with Gasteiger partial charge in [0.15, 0.2) is 5.82 Å². The van der Waals surface area contributed by atoms with E-state index in [0.717, 1.165) is 62.6 Å². The zero-order valence-electron chi connectivity index (χ0n) is 14.7. The molecule has 1 unspecified atom stereocenters. The summed E-state index contributed by atoms with van der Waals surface area (Å²) in [6.45, 7) is 4.41. The largest absolute Gasteiger partial charge is 0.392 e. The number of nitrogens with one attached hydrogen (secondary N) is 1. The van der Waals surface area contributed by atoms with Crippen molar-refractivity contribution in [3.63, 3.8) is 0 Å². The highest BCUT2D eigenvalue weighted by Crippen LogP contribution is 2.25. The summed E-state index contributed by atoms with van der Waals surface area (Å²) in [7, 11) is 0. The van der Waals surface area contributed by atoms with Gasteiger partial charge in [-0.2, -0.15) is 0 Å². The molecule has 1 fully saturated rings. The van der Waals surface area contributed by atoms with E-state index in [1.54, 1.807) is 0 Å². The lowest BCUT2D eigenvalue weighted by atomic mass is 9.92. The SMILES string of the molecule is Cl.Cl.OC(CN1Cc2cnc(-c3ccccc3)nc2C1)C1CCNCC1. The number of benzene rings is 1. The Morgan fingerprint density at radius 3 is 2.58 bits per heavy atom. The summed E-state index contributed by atoms with van der Waals surface area (Å²) in [6.07, 6.45) is 3.84. The van der Waals surface area contributed by atoms with Crippen LogP contribution < -0.4 is 5.32 Å². The van der Waals surface area contributed by atoms with Gasteiger partial charge in [-0.1, -0.05) is 30.3 Å². The van der Waals surface area contributed by atoms with Crippen LogP contribution in [0, 0.1) is 5.92 Å². The molecule has 0 bridgehead atoms. The first-order valence-corrected chi connectivity index (χ1v) is 8.81. The van der Waals surface area contributed by atoms with Crippen LogP contribution in [0.5, 0.6) is 0 Å². The molecule has 1 aromatic carbocycles. The number of aliphatic hydroxyl groups excluding tert-OH is 1. The molecule has 142 valence electrons. The summed E-state index contributed by atoms with van der Waals surface area (Å²) >= 11 is 0. The standard InChI is InChI=1S/C19H24N4O.2ClH/c24-18(14-6-8-20-9-7-14)13-23-11-16-10-21-19(22-17(16)12-23)15-4-2-1-3-5-15;;/h1-5,10,14,18,20,24H,6-9,11-13H2;2*1H. The van der Waals surface area contributed by atoms with Crippen LogP contribution in [0.1, 0.15) is 24.1 Å². The van der Waals surface area contributed by atoms with Gasteiger partial charge in [0.2, 0.25) is 0 Å². The van der Waals surface area contributed by atoms with E-state index in [1.165, 1.54) is 5.56 Å². The minimum atomic E-state index is -0.247. The van der Waals surface area contributed by atoms with Crippen LogP contribution in [0.4, 0.5) is 0 Å². The minimum Gasteiger partial charge on any atom is -0.392 e. The van der Waals surface area contributed by atoms with Crippen molar-refractivity contribution in [2.45, 2.75) is 32.0 Å². The first-order valence-electron chi connectivity index (χ1n) is 8.81. The van der Waals surface area contributed by atoms with Gasteiger partial charge < -0.3 is 10.4 Å². The summed E-state index contributed by atoms with van der Waals surface area (Å²) in [5.74, 6) is 1.20. The van der Waals surface area contributed by atoms with Gasteiger partial charge in [-0.3, -0.25) is 4.90 Å². The molecule has 2 aliphatic heterocycles. The van der Waals surface area contributed by atoms with Crippen molar-refractivity contribution in [3.05, 3.63) is 47.8 Å². The highest BCUT2D eigenvalue weighted by atomic mass is 35.5. The predicted molar refractivity (Wildman–Crippen MR) is 108 cm³/mol. The number of aromatic nitrogens is 2. The van der Waals surface area contributed by atoms with Crippen LogP contribution in [-0.4, -0.2) is 45.7 Å². The Morgan fingerprint density at radius 1 is 1.12 bits per heavy atom. The second-order valence-electron chi connectivity index (χ2n) is 6.86. The van der Waals surface area contributed by atoms with Crippen molar-refractivity contribution in [1.82, 2.24) is 20.2 Å². The number of fused-ring (bicyclic) bond motifs is 1. The Kier molecular flexibility index (Phi) is 7.80. The fourth-order valence-electron chi connectivity index (χ4n) is 3.72. The lowest BCUT2D eigenvalue weighted by Crippen LogP contribution is -2.39. The number of piperidine rings is 1. The van der Waals surface area contributed by atoms with E-state index in [4.69, 9.17) is 4.98 Å². The Hall–Kier alpha value is -1.24. The molecule has 0 amide bonds. The topological polar surface area (TPSA) is 61.3 Å². The van der Waals surface area contributed by atoms with Crippen molar-refractivity contribution in [3.8, 4) is 11.4 Å². The third-order valence-corrected chi connectivity index (χ3v) is 5.13. The van der Waals surface area contributed by atoms with Crippen LogP contribution in [0.2, 0.25) is 0 Å². The van der Waals surface area contributed by atoms with Crippen molar-refractivity contribution >= 4 is 24.8 Å². The van der Waals surface area contributed by atoms with E-state index < -0.39 is 0 Å². The molecular weight excluding hydrogens is 371 g/mol. The summed E-state index contributed by atoms with van der Waals surface area (Å²) in [4.78, 5) is 11.6. The maximum absolute atomic E-state index is 10.5. The highest BCUT2D eigenvalue weighted by Gasteiger charge is 2.27. The van der Waals surface area contributed by atoms with E-state index >= 15 is 0 Å². The molecule has 4 rings (SSSR count). The quantitative estimate of drug-likeness (QED) is 0.831. The average Bonchev–Trinajstić information content (AvgIpc) is 3.04. The van der Waals surface area contributed by atoms with Crippen molar-refractivity contribution < 1.29 is 5.11 Å². The van der Waals surface area contributed by atoms with Gasteiger partial charge in [0.05, 0.1) is 11.8 Å². The third-order valence-electron chi connectivity index (χ3n) is 5.13. The summed E-state index contributed by atoms with van der Waals surface area (Å²) < 4.78 is 0. The molecule has 2 aliphatic rings. The molecular formula is C19H26Cl2N4O. The number of rotatable bonds is 4. The Labute approximate surface area is 167 Å². The van der Waals surface area contributed by atoms with Crippen LogP contribution in [0.25, 0.3) is 11.4 Å². The van der Waals surface area contributed by atoms with Gasteiger partial charge in [-0.25, -0.2) is 9.97 Å². The summed E-state index contributed by atoms with van der Waals surface area (Å²) in [6, 6.07) is 10.1. The molecule has 0 aliphatic carbocycles. The second kappa shape index (κ2) is 9.62. The smallest absolute Gasteiger partial charge is 0.159 e. The first kappa shape index (κ1) is 21.1. The molecule has 3 heterocycles. The van der Waals surface area contributed by atoms with Gasteiger partial charge in [-0.15, -0.1) is 24.8 Å². The number of nitrogens with zero attached hydrogens (tertiary/aromatic N) is 3. The van der Waals surface area contributed by atoms with Crippen LogP contribution in [0.15, 0.2) is 36.5 Å². The molecule has 2 aromatic rings. The molecule has 0 radical (unpaired) electrons.